The summed E-state index contributed by atoms with van der Waals surface area (Å²) in [7, 11) is 0. The highest BCUT2D eigenvalue weighted by Gasteiger charge is 2.47. The van der Waals surface area contributed by atoms with Crippen molar-refractivity contribution in [3.8, 4) is 0 Å². The van der Waals surface area contributed by atoms with Crippen molar-refractivity contribution in [2.75, 3.05) is 6.61 Å². The Hall–Kier alpha value is -2.20. The Morgan fingerprint density at radius 1 is 1.00 bits per heavy atom. The quantitative estimate of drug-likeness (QED) is 0.639. The van der Waals surface area contributed by atoms with Crippen molar-refractivity contribution in [3.63, 3.8) is 0 Å². The summed E-state index contributed by atoms with van der Waals surface area (Å²) in [6.45, 7) is 2.55. The van der Waals surface area contributed by atoms with E-state index < -0.39 is 12.1 Å². The molecule has 4 nitrogen and oxygen atoms in total. The lowest BCUT2D eigenvalue weighted by molar-refractivity contribution is -0.548. The van der Waals surface area contributed by atoms with Gasteiger partial charge in [-0.3, -0.25) is 10.1 Å². The molecule has 0 aromatic heterocycles. The third-order valence-electron chi connectivity index (χ3n) is 4.39. The molecule has 2 aromatic rings. The lowest BCUT2D eigenvalue weighted by atomic mass is 9.76. The number of hydrogen-bond donors (Lipinski definition) is 0. The van der Waals surface area contributed by atoms with E-state index in [1.165, 1.54) is 0 Å². The fourth-order valence-corrected chi connectivity index (χ4v) is 3.36. The molecule has 0 spiro atoms. The number of benzene rings is 2. The molecule has 1 aliphatic rings. The summed E-state index contributed by atoms with van der Waals surface area (Å²) in [5, 5.41) is 11.8. The average Bonchev–Trinajstić information content (AvgIpc) is 2.56. The minimum Gasteiger partial charge on any atom is -0.366 e. The zero-order valence-electron chi connectivity index (χ0n) is 12.5. The molecule has 0 bridgehead atoms. The van der Waals surface area contributed by atoms with Crippen LogP contribution in [-0.4, -0.2) is 17.6 Å². The maximum absolute atomic E-state index is 11.8. The Bertz CT molecular complexity index is 629. The minimum absolute atomic E-state index is 0.109. The van der Waals surface area contributed by atoms with Gasteiger partial charge in [0.15, 0.2) is 6.10 Å². The average molecular weight is 297 g/mol. The molecule has 3 rings (SSSR count). The summed E-state index contributed by atoms with van der Waals surface area (Å²) in [5.74, 6) is -0.0343. The summed E-state index contributed by atoms with van der Waals surface area (Å²) in [5.41, 5.74) is 1.89. The third-order valence-corrected chi connectivity index (χ3v) is 4.39. The van der Waals surface area contributed by atoms with Crippen molar-refractivity contribution in [1.29, 1.82) is 0 Å². The molecule has 0 aliphatic carbocycles. The van der Waals surface area contributed by atoms with Gasteiger partial charge >= 0.3 is 0 Å². The van der Waals surface area contributed by atoms with Crippen molar-refractivity contribution in [2.45, 2.75) is 25.0 Å². The van der Waals surface area contributed by atoms with Crippen molar-refractivity contribution in [2.24, 2.45) is 5.92 Å². The van der Waals surface area contributed by atoms with Crippen LogP contribution >= 0.6 is 0 Å². The maximum atomic E-state index is 11.8. The Morgan fingerprint density at radius 2 is 1.55 bits per heavy atom. The number of nitrogens with zero attached hydrogens (tertiary/aromatic N) is 1. The van der Waals surface area contributed by atoms with E-state index >= 15 is 0 Å². The topological polar surface area (TPSA) is 52.4 Å². The second-order valence-electron chi connectivity index (χ2n) is 5.85. The van der Waals surface area contributed by atoms with Crippen molar-refractivity contribution in [1.82, 2.24) is 0 Å². The molecule has 1 saturated heterocycles. The summed E-state index contributed by atoms with van der Waals surface area (Å²) in [4.78, 5) is 11.6. The molecule has 1 aliphatic heterocycles. The first kappa shape index (κ1) is 14.7. The van der Waals surface area contributed by atoms with Gasteiger partial charge in [-0.05, 0) is 17.0 Å². The van der Waals surface area contributed by atoms with Gasteiger partial charge in [-0.25, -0.2) is 0 Å². The summed E-state index contributed by atoms with van der Waals surface area (Å²) >= 11 is 0. The number of rotatable bonds is 3. The Kier molecular flexibility index (Phi) is 4.20. The molecular weight excluding hydrogens is 278 g/mol. The van der Waals surface area contributed by atoms with Crippen LogP contribution in [0.15, 0.2) is 60.7 Å². The highest BCUT2D eigenvalue weighted by molar-refractivity contribution is 5.26. The zero-order valence-corrected chi connectivity index (χ0v) is 12.5. The van der Waals surface area contributed by atoms with Crippen LogP contribution in [0.5, 0.6) is 0 Å². The first-order chi connectivity index (χ1) is 10.7. The fourth-order valence-electron chi connectivity index (χ4n) is 3.36. The van der Waals surface area contributed by atoms with Gasteiger partial charge in [-0.1, -0.05) is 67.6 Å². The SMILES string of the molecule is C[C@H]1CO[C@H](c2ccccc2)[C@@H]([N+](=O)[O-])[C@@H]1c1ccccc1. The van der Waals surface area contributed by atoms with Gasteiger partial charge in [0, 0.05) is 4.92 Å². The van der Waals surface area contributed by atoms with E-state index in [-0.39, 0.29) is 16.8 Å². The number of ether oxygens (including phenoxy) is 1. The number of hydrogen-bond acceptors (Lipinski definition) is 3. The Balaban J connectivity index is 2.02. The van der Waals surface area contributed by atoms with Crippen LogP contribution < -0.4 is 0 Å². The second kappa shape index (κ2) is 6.28. The van der Waals surface area contributed by atoms with Crippen molar-refractivity contribution < 1.29 is 9.66 Å². The molecule has 0 N–H and O–H groups in total. The molecule has 1 heterocycles. The van der Waals surface area contributed by atoms with Crippen LogP contribution in [0, 0.1) is 16.0 Å². The molecule has 4 atom stereocenters. The molecule has 2 aromatic carbocycles. The van der Waals surface area contributed by atoms with Gasteiger partial charge in [0.2, 0.25) is 6.04 Å². The standard InChI is InChI=1S/C18H19NO3/c1-13-12-22-18(15-10-6-3-7-11-15)17(19(20)21)16(13)14-8-4-2-5-9-14/h2-11,13,16-18H,12H2,1H3/t13-,16-,17-,18+/m0/s1. The van der Waals surface area contributed by atoms with Crippen molar-refractivity contribution >= 4 is 0 Å². The van der Waals surface area contributed by atoms with Gasteiger partial charge in [-0.2, -0.15) is 0 Å². The normalized spacial score (nSPS) is 28.2. The molecular formula is C18H19NO3. The molecule has 4 heteroatoms. The predicted molar refractivity (Wildman–Crippen MR) is 84.3 cm³/mol. The lowest BCUT2D eigenvalue weighted by Crippen LogP contribution is -2.44. The maximum Gasteiger partial charge on any atom is 0.250 e. The molecule has 22 heavy (non-hydrogen) atoms. The van der Waals surface area contributed by atoms with Crippen LogP contribution in [0.1, 0.15) is 30.1 Å². The lowest BCUT2D eigenvalue weighted by Gasteiger charge is -2.37. The van der Waals surface area contributed by atoms with E-state index in [1.807, 2.05) is 67.6 Å². The highest BCUT2D eigenvalue weighted by Crippen LogP contribution is 2.42. The van der Waals surface area contributed by atoms with E-state index in [1.54, 1.807) is 0 Å². The summed E-state index contributed by atoms with van der Waals surface area (Å²) in [6.07, 6.45) is -0.502. The fraction of sp³-hybridized carbons (Fsp3) is 0.333. The third kappa shape index (κ3) is 2.74. The van der Waals surface area contributed by atoms with E-state index in [2.05, 4.69) is 0 Å². The van der Waals surface area contributed by atoms with E-state index in [9.17, 15) is 10.1 Å². The summed E-state index contributed by atoms with van der Waals surface area (Å²) < 4.78 is 5.86. The monoisotopic (exact) mass is 297 g/mol. The zero-order chi connectivity index (χ0) is 15.5. The van der Waals surface area contributed by atoms with Crippen LogP contribution in [0.2, 0.25) is 0 Å². The van der Waals surface area contributed by atoms with Gasteiger partial charge in [0.25, 0.3) is 0 Å². The number of nitro groups is 1. The van der Waals surface area contributed by atoms with E-state index in [4.69, 9.17) is 4.74 Å². The summed E-state index contributed by atoms with van der Waals surface area (Å²) in [6, 6.07) is 18.5. The molecule has 0 saturated carbocycles. The Morgan fingerprint density at radius 3 is 2.09 bits per heavy atom. The van der Waals surface area contributed by atoms with Gasteiger partial charge in [0.05, 0.1) is 12.5 Å². The Labute approximate surface area is 129 Å². The highest BCUT2D eigenvalue weighted by atomic mass is 16.6. The second-order valence-corrected chi connectivity index (χ2v) is 5.85. The first-order valence-corrected chi connectivity index (χ1v) is 7.53. The van der Waals surface area contributed by atoms with Crippen LogP contribution in [-0.2, 0) is 4.74 Å². The van der Waals surface area contributed by atoms with Crippen LogP contribution in [0.25, 0.3) is 0 Å². The van der Waals surface area contributed by atoms with Gasteiger partial charge < -0.3 is 4.74 Å². The molecule has 0 unspecified atom stereocenters. The first-order valence-electron chi connectivity index (χ1n) is 7.53. The van der Waals surface area contributed by atoms with Crippen molar-refractivity contribution in [3.05, 3.63) is 81.9 Å². The minimum atomic E-state index is -0.770. The molecule has 114 valence electrons. The van der Waals surface area contributed by atoms with Crippen LogP contribution in [0.4, 0.5) is 0 Å². The molecule has 0 radical (unpaired) electrons. The van der Waals surface area contributed by atoms with E-state index in [0.717, 1.165) is 11.1 Å². The van der Waals surface area contributed by atoms with Crippen LogP contribution in [0.3, 0.4) is 0 Å². The smallest absolute Gasteiger partial charge is 0.250 e. The van der Waals surface area contributed by atoms with E-state index in [0.29, 0.717) is 6.61 Å². The molecule has 0 amide bonds. The molecule has 1 fully saturated rings. The predicted octanol–water partition coefficient (Wildman–Crippen LogP) is 3.82. The largest absolute Gasteiger partial charge is 0.366 e. The van der Waals surface area contributed by atoms with Gasteiger partial charge in [-0.15, -0.1) is 0 Å². The van der Waals surface area contributed by atoms with Gasteiger partial charge in [0.1, 0.15) is 0 Å².